The molecule has 1 aliphatic carbocycles. The average Bonchev–Trinajstić information content (AvgIpc) is 2.55. The molecule has 1 aliphatic rings. The van der Waals surface area contributed by atoms with E-state index in [4.69, 9.17) is 0 Å². The number of hydrogen-bond acceptors (Lipinski definition) is 3. The van der Waals surface area contributed by atoms with E-state index >= 15 is 0 Å². The van der Waals surface area contributed by atoms with E-state index in [2.05, 4.69) is 5.32 Å². The van der Waals surface area contributed by atoms with Crippen LogP contribution in [0.2, 0.25) is 0 Å². The zero-order chi connectivity index (χ0) is 13.6. The van der Waals surface area contributed by atoms with Crippen molar-refractivity contribution in [3.8, 4) is 0 Å². The molecule has 0 spiro atoms. The van der Waals surface area contributed by atoms with Crippen LogP contribution in [0.1, 0.15) is 44.9 Å². The van der Waals surface area contributed by atoms with Crippen molar-refractivity contribution in [1.82, 2.24) is 9.62 Å². The Hall–Kier alpha value is -0.620. The number of nitrogens with one attached hydrogen (secondary N) is 1. The van der Waals surface area contributed by atoms with Crippen molar-refractivity contribution < 1.29 is 13.2 Å². The molecule has 0 aromatic carbocycles. The van der Waals surface area contributed by atoms with Gasteiger partial charge >= 0.3 is 0 Å². The molecule has 1 amide bonds. The van der Waals surface area contributed by atoms with Crippen LogP contribution in [0, 0.1) is 0 Å². The molecule has 0 saturated heterocycles. The minimum atomic E-state index is -3.27. The van der Waals surface area contributed by atoms with E-state index in [-0.39, 0.29) is 24.1 Å². The summed E-state index contributed by atoms with van der Waals surface area (Å²) >= 11 is 0. The van der Waals surface area contributed by atoms with Gasteiger partial charge in [-0.3, -0.25) is 4.79 Å². The third kappa shape index (κ3) is 5.35. The van der Waals surface area contributed by atoms with E-state index < -0.39 is 10.0 Å². The van der Waals surface area contributed by atoms with Gasteiger partial charge in [-0.2, -0.15) is 0 Å². The van der Waals surface area contributed by atoms with Gasteiger partial charge in [-0.1, -0.05) is 25.7 Å². The summed E-state index contributed by atoms with van der Waals surface area (Å²) < 4.78 is 24.2. The number of amides is 1. The Labute approximate surface area is 110 Å². The fraction of sp³-hybridized carbons (Fsp3) is 0.917. The highest BCUT2D eigenvalue weighted by atomic mass is 32.2. The van der Waals surface area contributed by atoms with Crippen molar-refractivity contribution in [2.75, 3.05) is 19.8 Å². The predicted octanol–water partition coefficient (Wildman–Crippen LogP) is 1.11. The molecule has 0 aromatic heterocycles. The Morgan fingerprint density at radius 3 is 2.22 bits per heavy atom. The molecule has 0 aliphatic heterocycles. The summed E-state index contributed by atoms with van der Waals surface area (Å²) in [6.45, 7) is 0. The van der Waals surface area contributed by atoms with E-state index in [0.29, 0.717) is 0 Å². The van der Waals surface area contributed by atoms with Crippen molar-refractivity contribution in [1.29, 1.82) is 0 Å². The number of hydrogen-bond donors (Lipinski definition) is 1. The van der Waals surface area contributed by atoms with Crippen LogP contribution in [0.4, 0.5) is 0 Å². The first-order valence-corrected chi connectivity index (χ1v) is 8.22. The number of sulfonamides is 1. The topological polar surface area (TPSA) is 66.5 Å². The third-order valence-electron chi connectivity index (χ3n) is 3.36. The molecule has 5 nitrogen and oxygen atoms in total. The largest absolute Gasteiger partial charge is 0.353 e. The van der Waals surface area contributed by atoms with Crippen molar-refractivity contribution in [3.63, 3.8) is 0 Å². The summed E-state index contributed by atoms with van der Waals surface area (Å²) in [5, 5.41) is 2.95. The quantitative estimate of drug-likeness (QED) is 0.765. The normalized spacial score (nSPS) is 18.6. The summed E-state index contributed by atoms with van der Waals surface area (Å²) in [6.07, 6.45) is 6.87. The maximum atomic E-state index is 11.7. The van der Waals surface area contributed by atoms with Crippen LogP contribution >= 0.6 is 0 Å². The lowest BCUT2D eigenvalue weighted by Crippen LogP contribution is -2.36. The van der Waals surface area contributed by atoms with Gasteiger partial charge in [0, 0.05) is 26.6 Å². The molecule has 0 bridgehead atoms. The summed E-state index contributed by atoms with van der Waals surface area (Å²) in [5.74, 6) is -0.259. The summed E-state index contributed by atoms with van der Waals surface area (Å²) in [7, 11) is -0.299. The monoisotopic (exact) mass is 276 g/mol. The minimum absolute atomic E-state index is 0.0526. The lowest BCUT2D eigenvalue weighted by Gasteiger charge is -2.16. The highest BCUT2D eigenvalue weighted by Crippen LogP contribution is 2.17. The second kappa shape index (κ2) is 7.09. The second-order valence-corrected chi connectivity index (χ2v) is 7.41. The Balaban J connectivity index is 2.33. The van der Waals surface area contributed by atoms with Gasteiger partial charge in [0.1, 0.15) is 0 Å². The smallest absolute Gasteiger partial charge is 0.221 e. The molecule has 1 N–H and O–H groups in total. The van der Waals surface area contributed by atoms with Gasteiger partial charge in [0.15, 0.2) is 0 Å². The van der Waals surface area contributed by atoms with Crippen molar-refractivity contribution in [3.05, 3.63) is 0 Å². The fourth-order valence-corrected chi connectivity index (χ4v) is 2.94. The Morgan fingerprint density at radius 1 is 1.17 bits per heavy atom. The molecule has 1 fully saturated rings. The van der Waals surface area contributed by atoms with Gasteiger partial charge < -0.3 is 5.32 Å². The zero-order valence-electron chi connectivity index (χ0n) is 11.3. The van der Waals surface area contributed by atoms with Gasteiger partial charge in [-0.25, -0.2) is 12.7 Å². The molecule has 18 heavy (non-hydrogen) atoms. The number of nitrogens with zero attached hydrogens (tertiary/aromatic N) is 1. The molecule has 0 aromatic rings. The number of carbonyl (C=O) groups is 1. The molecule has 0 radical (unpaired) electrons. The van der Waals surface area contributed by atoms with Gasteiger partial charge in [-0.05, 0) is 12.8 Å². The fourth-order valence-electron chi connectivity index (χ4n) is 2.13. The first kappa shape index (κ1) is 15.4. The second-order valence-electron chi connectivity index (χ2n) is 5.10. The zero-order valence-corrected chi connectivity index (χ0v) is 12.1. The van der Waals surface area contributed by atoms with E-state index in [0.717, 1.165) is 30.0 Å². The van der Waals surface area contributed by atoms with Gasteiger partial charge in [0.05, 0.1) is 5.75 Å². The summed E-state index contributed by atoms with van der Waals surface area (Å²) in [5.41, 5.74) is 0. The summed E-state index contributed by atoms with van der Waals surface area (Å²) in [4.78, 5) is 11.7. The maximum Gasteiger partial charge on any atom is 0.221 e. The van der Waals surface area contributed by atoms with Crippen LogP contribution < -0.4 is 5.32 Å². The van der Waals surface area contributed by atoms with E-state index in [1.54, 1.807) is 0 Å². The standard InChI is InChI=1S/C12H24N2O3S/c1-14(2)18(16,17)10-9-12(15)13-11-7-5-3-4-6-8-11/h11H,3-10H2,1-2H3,(H,13,15). The lowest BCUT2D eigenvalue weighted by atomic mass is 10.1. The van der Waals surface area contributed by atoms with E-state index in [9.17, 15) is 13.2 Å². The van der Waals surface area contributed by atoms with Crippen molar-refractivity contribution in [2.24, 2.45) is 0 Å². The van der Waals surface area contributed by atoms with Crippen molar-refractivity contribution in [2.45, 2.75) is 51.0 Å². The van der Waals surface area contributed by atoms with Gasteiger partial charge in [0.25, 0.3) is 0 Å². The summed E-state index contributed by atoms with van der Waals surface area (Å²) in [6, 6.07) is 0.238. The molecule has 106 valence electrons. The Bertz CT molecular complexity index is 358. The van der Waals surface area contributed by atoms with Gasteiger partial charge in [-0.15, -0.1) is 0 Å². The SMILES string of the molecule is CN(C)S(=O)(=O)CCC(=O)NC1CCCCCC1. The predicted molar refractivity (Wildman–Crippen MR) is 71.7 cm³/mol. The number of rotatable bonds is 5. The number of carbonyl (C=O) groups excluding carboxylic acids is 1. The molecule has 1 rings (SSSR count). The van der Waals surface area contributed by atoms with Crippen LogP contribution in [0.25, 0.3) is 0 Å². The minimum Gasteiger partial charge on any atom is -0.353 e. The molecule has 1 saturated carbocycles. The first-order valence-electron chi connectivity index (χ1n) is 6.61. The molecule has 0 unspecified atom stereocenters. The molecule has 6 heteroatoms. The molecule has 0 heterocycles. The maximum absolute atomic E-state index is 11.7. The average molecular weight is 276 g/mol. The third-order valence-corrected chi connectivity index (χ3v) is 5.20. The van der Waals surface area contributed by atoms with Crippen LogP contribution in [-0.4, -0.2) is 44.5 Å². The molecular weight excluding hydrogens is 252 g/mol. The van der Waals surface area contributed by atoms with Crippen LogP contribution in [0.15, 0.2) is 0 Å². The Kier molecular flexibility index (Phi) is 6.08. The molecule has 0 atom stereocenters. The van der Waals surface area contributed by atoms with Crippen LogP contribution in [0.5, 0.6) is 0 Å². The van der Waals surface area contributed by atoms with Crippen LogP contribution in [-0.2, 0) is 14.8 Å². The lowest BCUT2D eigenvalue weighted by molar-refractivity contribution is -0.121. The van der Waals surface area contributed by atoms with E-state index in [1.165, 1.54) is 26.9 Å². The van der Waals surface area contributed by atoms with E-state index in [1.807, 2.05) is 0 Å². The Morgan fingerprint density at radius 2 is 1.72 bits per heavy atom. The van der Waals surface area contributed by atoms with Crippen LogP contribution in [0.3, 0.4) is 0 Å². The molecular formula is C12H24N2O3S. The highest BCUT2D eigenvalue weighted by Gasteiger charge is 2.18. The van der Waals surface area contributed by atoms with Gasteiger partial charge in [0.2, 0.25) is 15.9 Å². The highest BCUT2D eigenvalue weighted by molar-refractivity contribution is 7.89. The van der Waals surface area contributed by atoms with Crippen molar-refractivity contribution >= 4 is 15.9 Å². The first-order chi connectivity index (χ1) is 8.42.